The highest BCUT2D eigenvalue weighted by molar-refractivity contribution is 5.81. The number of carbonyl (C=O) groups is 1. The topological polar surface area (TPSA) is 50.8 Å². The Morgan fingerprint density at radius 1 is 1.25 bits per heavy atom. The van der Waals surface area contributed by atoms with Crippen LogP contribution in [0.25, 0.3) is 0 Å². The fourth-order valence-corrected chi connectivity index (χ4v) is 2.98. The van der Waals surface area contributed by atoms with Crippen molar-refractivity contribution >= 4 is 5.91 Å². The van der Waals surface area contributed by atoms with Crippen LogP contribution in [-0.4, -0.2) is 36.4 Å². The number of hydrogen-bond donors (Lipinski definition) is 1. The van der Waals surface area contributed by atoms with Gasteiger partial charge in [0.2, 0.25) is 12.7 Å². The van der Waals surface area contributed by atoms with Crippen molar-refractivity contribution in [3.63, 3.8) is 0 Å². The number of rotatable bonds is 6. The molecule has 0 spiro atoms. The lowest BCUT2D eigenvalue weighted by Gasteiger charge is -2.35. The Kier molecular flexibility index (Phi) is 5.75. The number of carbonyl (C=O) groups excluding carboxylic acids is 1. The van der Waals surface area contributed by atoms with E-state index in [1.165, 1.54) is 5.56 Å². The van der Waals surface area contributed by atoms with Crippen molar-refractivity contribution in [2.45, 2.75) is 60.2 Å². The fraction of sp³-hybridized carbons (Fsp3) is 0.632. The Balaban J connectivity index is 2.00. The van der Waals surface area contributed by atoms with Crippen LogP contribution in [0.15, 0.2) is 18.2 Å². The number of nitrogens with one attached hydrogen (secondary N) is 1. The molecule has 1 aromatic rings. The predicted molar refractivity (Wildman–Crippen MR) is 95.2 cm³/mol. The zero-order chi connectivity index (χ0) is 17.9. The molecule has 0 bridgehead atoms. The highest BCUT2D eigenvalue weighted by Crippen LogP contribution is 2.33. The minimum atomic E-state index is -0.381. The minimum Gasteiger partial charge on any atom is -0.454 e. The molecule has 1 aliphatic rings. The van der Waals surface area contributed by atoms with Gasteiger partial charge in [-0.2, -0.15) is 0 Å². The number of nitrogens with zero attached hydrogens (tertiary/aromatic N) is 1. The number of benzene rings is 1. The van der Waals surface area contributed by atoms with E-state index in [1.54, 1.807) is 0 Å². The summed E-state index contributed by atoms with van der Waals surface area (Å²) in [6.07, 6.45) is 0.881. The van der Waals surface area contributed by atoms with Crippen molar-refractivity contribution < 1.29 is 14.3 Å². The van der Waals surface area contributed by atoms with Gasteiger partial charge >= 0.3 is 0 Å². The maximum absolute atomic E-state index is 12.2. The quantitative estimate of drug-likeness (QED) is 0.812. The van der Waals surface area contributed by atoms with Crippen LogP contribution in [0.2, 0.25) is 0 Å². The third-order valence-electron chi connectivity index (χ3n) is 4.42. The van der Waals surface area contributed by atoms with Crippen LogP contribution in [0.4, 0.5) is 0 Å². The van der Waals surface area contributed by atoms with E-state index in [0.717, 1.165) is 24.5 Å². The molecule has 134 valence electrons. The molecule has 5 nitrogen and oxygen atoms in total. The molecule has 24 heavy (non-hydrogen) atoms. The van der Waals surface area contributed by atoms with Gasteiger partial charge in [-0.15, -0.1) is 0 Å². The Morgan fingerprint density at radius 2 is 1.92 bits per heavy atom. The molecule has 2 rings (SSSR count). The monoisotopic (exact) mass is 334 g/mol. The molecule has 0 saturated carbocycles. The third-order valence-corrected chi connectivity index (χ3v) is 4.42. The molecule has 2 unspecified atom stereocenters. The molecule has 0 fully saturated rings. The van der Waals surface area contributed by atoms with Crippen LogP contribution >= 0.6 is 0 Å². The van der Waals surface area contributed by atoms with Gasteiger partial charge in [0.05, 0.1) is 6.17 Å². The highest BCUT2D eigenvalue weighted by atomic mass is 16.7. The highest BCUT2D eigenvalue weighted by Gasteiger charge is 2.26. The number of hydrogen-bond acceptors (Lipinski definition) is 4. The smallest absolute Gasteiger partial charge is 0.231 e. The first-order valence-corrected chi connectivity index (χ1v) is 8.67. The van der Waals surface area contributed by atoms with E-state index in [0.29, 0.717) is 12.8 Å². The number of ether oxygens (including phenoxy) is 2. The van der Waals surface area contributed by atoms with E-state index in [9.17, 15) is 4.79 Å². The van der Waals surface area contributed by atoms with E-state index < -0.39 is 0 Å². The lowest BCUT2D eigenvalue weighted by atomic mass is 9.95. The summed E-state index contributed by atoms with van der Waals surface area (Å²) in [5.74, 6) is 1.70. The van der Waals surface area contributed by atoms with E-state index >= 15 is 0 Å². The minimum absolute atomic E-state index is 0.00858. The fourth-order valence-electron chi connectivity index (χ4n) is 2.98. The van der Waals surface area contributed by atoms with Crippen molar-refractivity contribution in [3.05, 3.63) is 23.8 Å². The molecule has 0 saturated heterocycles. The maximum atomic E-state index is 12.2. The zero-order valence-electron chi connectivity index (χ0n) is 15.7. The van der Waals surface area contributed by atoms with Gasteiger partial charge in [0, 0.05) is 11.5 Å². The van der Waals surface area contributed by atoms with Gasteiger partial charge in [-0.05, 0) is 44.5 Å². The molecule has 2 atom stereocenters. The molecule has 0 aromatic heterocycles. The van der Waals surface area contributed by atoms with Crippen LogP contribution in [0, 0.1) is 5.41 Å². The summed E-state index contributed by atoms with van der Waals surface area (Å²) in [7, 11) is 0. The maximum Gasteiger partial charge on any atom is 0.231 e. The summed E-state index contributed by atoms with van der Waals surface area (Å²) in [4.78, 5) is 14.5. The summed E-state index contributed by atoms with van der Waals surface area (Å²) in [6, 6.07) is 6.39. The van der Waals surface area contributed by atoms with E-state index in [4.69, 9.17) is 9.47 Å². The summed E-state index contributed by atoms with van der Waals surface area (Å²) in [5, 5.41) is 3.12. The molecule has 1 aromatic carbocycles. The first-order valence-electron chi connectivity index (χ1n) is 8.67. The normalized spacial score (nSPS) is 16.1. The largest absolute Gasteiger partial charge is 0.454 e. The first kappa shape index (κ1) is 18.6. The van der Waals surface area contributed by atoms with Crippen molar-refractivity contribution in [1.82, 2.24) is 10.2 Å². The van der Waals surface area contributed by atoms with Crippen LogP contribution in [0.3, 0.4) is 0 Å². The van der Waals surface area contributed by atoms with Gasteiger partial charge in [0.25, 0.3) is 0 Å². The van der Waals surface area contributed by atoms with Gasteiger partial charge in [0.1, 0.15) is 0 Å². The molecule has 5 heteroatoms. The second-order valence-electron chi connectivity index (χ2n) is 7.47. The van der Waals surface area contributed by atoms with Crippen LogP contribution in [0.1, 0.15) is 47.1 Å². The second kappa shape index (κ2) is 7.43. The first-order chi connectivity index (χ1) is 11.2. The molecule has 1 aliphatic heterocycles. The predicted octanol–water partition coefficient (Wildman–Crippen LogP) is 3.18. The number of amides is 1. The summed E-state index contributed by atoms with van der Waals surface area (Å²) >= 11 is 0. The molecule has 0 radical (unpaired) electrons. The number of fused-ring (bicyclic) bond motifs is 1. The van der Waals surface area contributed by atoms with Crippen molar-refractivity contribution in [3.8, 4) is 11.5 Å². The van der Waals surface area contributed by atoms with E-state index in [1.807, 2.05) is 39.8 Å². The lowest BCUT2D eigenvalue weighted by molar-refractivity contribution is -0.130. The van der Waals surface area contributed by atoms with Crippen LogP contribution in [0.5, 0.6) is 11.5 Å². The molecular weight excluding hydrogens is 304 g/mol. The Hall–Kier alpha value is -1.75. The second-order valence-corrected chi connectivity index (χ2v) is 7.47. The summed E-state index contributed by atoms with van der Waals surface area (Å²) < 4.78 is 10.8. The zero-order valence-corrected chi connectivity index (χ0v) is 15.7. The average Bonchev–Trinajstić information content (AvgIpc) is 2.94. The van der Waals surface area contributed by atoms with Crippen LogP contribution < -0.4 is 14.8 Å². The van der Waals surface area contributed by atoms with E-state index in [-0.39, 0.29) is 17.5 Å². The van der Waals surface area contributed by atoms with Crippen LogP contribution in [-0.2, 0) is 11.2 Å². The third kappa shape index (κ3) is 4.41. The van der Waals surface area contributed by atoms with Gasteiger partial charge in [-0.1, -0.05) is 33.8 Å². The summed E-state index contributed by atoms with van der Waals surface area (Å²) in [5.41, 5.74) is 0.827. The lowest BCUT2D eigenvalue weighted by Crippen LogP contribution is -2.52. The van der Waals surface area contributed by atoms with Gasteiger partial charge in [0.15, 0.2) is 11.5 Å². The van der Waals surface area contributed by atoms with E-state index in [2.05, 4.69) is 30.1 Å². The summed E-state index contributed by atoms with van der Waals surface area (Å²) in [6.45, 7) is 13.3. The van der Waals surface area contributed by atoms with Crippen molar-refractivity contribution in [1.29, 1.82) is 0 Å². The van der Waals surface area contributed by atoms with Crippen molar-refractivity contribution in [2.24, 2.45) is 5.41 Å². The van der Waals surface area contributed by atoms with Crippen molar-refractivity contribution in [2.75, 3.05) is 13.3 Å². The standard InChI is InChI=1S/C19H30N2O3/c1-7-21(14(3)20-18(22)19(4,5)6)13(2)10-15-8-9-16-17(11-15)24-12-23-16/h8-9,11,13-14H,7,10,12H2,1-6H3,(H,20,22). The Morgan fingerprint density at radius 3 is 2.54 bits per heavy atom. The molecule has 0 aliphatic carbocycles. The Labute approximate surface area is 145 Å². The van der Waals surface area contributed by atoms with Gasteiger partial charge in [-0.25, -0.2) is 0 Å². The molecule has 1 N–H and O–H groups in total. The number of likely N-dealkylation sites (N-methyl/N-ethyl adjacent to an activating group) is 1. The SMILES string of the molecule is CCN(C(C)Cc1ccc2c(c1)OCO2)C(C)NC(=O)C(C)(C)C. The van der Waals surface area contributed by atoms with Gasteiger partial charge in [-0.3, -0.25) is 9.69 Å². The Bertz CT molecular complexity index is 580. The molecule has 1 heterocycles. The molecule has 1 amide bonds. The average molecular weight is 334 g/mol. The molecular formula is C19H30N2O3. The van der Waals surface area contributed by atoms with Gasteiger partial charge < -0.3 is 14.8 Å².